The predicted molar refractivity (Wildman–Crippen MR) is 78.0 cm³/mol. The van der Waals surface area contributed by atoms with Crippen molar-refractivity contribution in [3.05, 3.63) is 23.2 Å². The van der Waals surface area contributed by atoms with Gasteiger partial charge < -0.3 is 10.1 Å². The van der Waals surface area contributed by atoms with Crippen LogP contribution in [0.1, 0.15) is 19.3 Å². The zero-order valence-corrected chi connectivity index (χ0v) is 12.9. The second-order valence-electron chi connectivity index (χ2n) is 5.07. The number of benzene rings is 1. The highest BCUT2D eigenvalue weighted by molar-refractivity contribution is 7.91. The minimum atomic E-state index is -3.13. The molecule has 1 saturated carbocycles. The van der Waals surface area contributed by atoms with Crippen LogP contribution in [0.2, 0.25) is 5.02 Å². The van der Waals surface area contributed by atoms with Crippen molar-refractivity contribution in [1.29, 1.82) is 0 Å². The summed E-state index contributed by atoms with van der Waals surface area (Å²) in [5, 5.41) is 2.73. The van der Waals surface area contributed by atoms with E-state index in [0.29, 0.717) is 12.1 Å². The van der Waals surface area contributed by atoms with Gasteiger partial charge in [-0.15, -0.1) is 0 Å². The van der Waals surface area contributed by atoms with Crippen LogP contribution >= 0.6 is 11.6 Å². The fourth-order valence-electron chi connectivity index (χ4n) is 2.60. The molecule has 1 N–H and O–H groups in total. The molecule has 0 radical (unpaired) electrons. The van der Waals surface area contributed by atoms with Gasteiger partial charge in [-0.3, -0.25) is 0 Å². The van der Waals surface area contributed by atoms with Crippen LogP contribution in [0.25, 0.3) is 0 Å². The third-order valence-corrected chi connectivity index (χ3v) is 5.46. The van der Waals surface area contributed by atoms with E-state index in [9.17, 15) is 17.2 Å². The first-order chi connectivity index (χ1) is 9.77. The third-order valence-electron chi connectivity index (χ3n) is 3.50. The van der Waals surface area contributed by atoms with Crippen molar-refractivity contribution >= 4 is 27.1 Å². The van der Waals surface area contributed by atoms with Crippen molar-refractivity contribution in [2.45, 2.75) is 37.2 Å². The first-order valence-electron chi connectivity index (χ1n) is 6.47. The molecule has 0 saturated heterocycles. The van der Waals surface area contributed by atoms with E-state index in [-0.39, 0.29) is 16.8 Å². The van der Waals surface area contributed by atoms with Gasteiger partial charge in [-0.05, 0) is 37.5 Å². The van der Waals surface area contributed by atoms with Gasteiger partial charge in [0.15, 0.2) is 9.84 Å². The van der Waals surface area contributed by atoms with Crippen molar-refractivity contribution in [3.8, 4) is 5.75 Å². The highest BCUT2D eigenvalue weighted by atomic mass is 35.5. The van der Waals surface area contributed by atoms with E-state index in [1.165, 1.54) is 18.4 Å². The van der Waals surface area contributed by atoms with E-state index in [1.807, 2.05) is 0 Å². The number of hydrogen-bond donors (Lipinski definition) is 1. The summed E-state index contributed by atoms with van der Waals surface area (Å²) in [5.74, 6) is -0.108. The Labute approximate surface area is 127 Å². The van der Waals surface area contributed by atoms with Crippen molar-refractivity contribution in [2.75, 3.05) is 11.6 Å². The first kappa shape index (κ1) is 16.3. The van der Waals surface area contributed by atoms with Crippen LogP contribution in [-0.4, -0.2) is 32.6 Å². The first-order valence-corrected chi connectivity index (χ1v) is 8.80. The molecule has 0 spiro atoms. The van der Waals surface area contributed by atoms with Crippen LogP contribution in [0, 0.1) is 0 Å². The summed E-state index contributed by atoms with van der Waals surface area (Å²) >= 11 is 5.87. The van der Waals surface area contributed by atoms with Crippen molar-refractivity contribution in [1.82, 2.24) is 0 Å². The largest absolute Gasteiger partial charge is 0.433 e. The topological polar surface area (TPSA) is 55.4 Å². The predicted octanol–water partition coefficient (Wildman–Crippen LogP) is 3.32. The summed E-state index contributed by atoms with van der Waals surface area (Å²) in [6.07, 6.45) is 3.42. The van der Waals surface area contributed by atoms with E-state index in [0.717, 1.165) is 12.8 Å². The number of nitrogens with one attached hydrogen (secondary N) is 1. The van der Waals surface area contributed by atoms with Gasteiger partial charge in [-0.25, -0.2) is 8.42 Å². The second kappa shape index (κ2) is 6.36. The minimum Gasteiger partial charge on any atom is -0.433 e. The Kier molecular flexibility index (Phi) is 4.93. The summed E-state index contributed by atoms with van der Waals surface area (Å²) in [6.45, 7) is -2.94. The molecule has 0 aromatic heterocycles. The van der Waals surface area contributed by atoms with Gasteiger partial charge in [0.2, 0.25) is 0 Å². The van der Waals surface area contributed by atoms with Crippen molar-refractivity contribution in [2.24, 2.45) is 0 Å². The van der Waals surface area contributed by atoms with Gasteiger partial charge in [0, 0.05) is 18.0 Å². The molecule has 1 aromatic rings. The third kappa shape index (κ3) is 4.20. The lowest BCUT2D eigenvalue weighted by Gasteiger charge is -2.21. The van der Waals surface area contributed by atoms with Crippen LogP contribution < -0.4 is 10.1 Å². The van der Waals surface area contributed by atoms with Crippen LogP contribution in [-0.2, 0) is 9.84 Å². The van der Waals surface area contributed by atoms with Gasteiger partial charge >= 0.3 is 6.61 Å². The Bertz CT molecular complexity index is 609. The molecule has 4 nitrogen and oxygen atoms in total. The molecule has 0 amide bonds. The number of halogens is 3. The molecule has 0 heterocycles. The molecule has 1 aromatic carbocycles. The molecule has 118 valence electrons. The molecule has 21 heavy (non-hydrogen) atoms. The molecule has 2 atom stereocenters. The standard InChI is InChI=1S/C13H16ClF2NO3S/c1-21(18,19)12-4-2-3-10(12)17-8-5-6-11(9(14)7-8)20-13(15)16/h5-7,10,12-13,17H,2-4H2,1H3. The average Bonchev–Trinajstić information content (AvgIpc) is 2.80. The minimum absolute atomic E-state index is 0.0502. The van der Waals surface area contributed by atoms with Gasteiger partial charge in [-0.1, -0.05) is 11.6 Å². The quantitative estimate of drug-likeness (QED) is 0.894. The summed E-state index contributed by atoms with van der Waals surface area (Å²) < 4.78 is 52.0. The molecule has 8 heteroatoms. The molecular formula is C13H16ClF2NO3S. The van der Waals surface area contributed by atoms with E-state index in [2.05, 4.69) is 10.1 Å². The monoisotopic (exact) mass is 339 g/mol. The highest BCUT2D eigenvalue weighted by Gasteiger charge is 2.34. The molecule has 2 rings (SSSR count). The van der Waals surface area contributed by atoms with Gasteiger partial charge in [0.05, 0.1) is 10.3 Å². The number of hydrogen-bond acceptors (Lipinski definition) is 4. The molecule has 1 fully saturated rings. The maximum absolute atomic E-state index is 12.1. The Balaban J connectivity index is 2.11. The lowest BCUT2D eigenvalue weighted by Crippen LogP contribution is -2.34. The number of ether oxygens (including phenoxy) is 1. The number of alkyl halides is 2. The van der Waals surface area contributed by atoms with Crippen molar-refractivity contribution < 1.29 is 21.9 Å². The van der Waals surface area contributed by atoms with E-state index < -0.39 is 21.7 Å². The smallest absolute Gasteiger partial charge is 0.387 e. The van der Waals surface area contributed by atoms with Crippen molar-refractivity contribution in [3.63, 3.8) is 0 Å². The summed E-state index contributed by atoms with van der Waals surface area (Å²) in [4.78, 5) is 0. The zero-order chi connectivity index (χ0) is 15.6. The van der Waals surface area contributed by atoms with Crippen LogP contribution in [0.15, 0.2) is 18.2 Å². The molecular weight excluding hydrogens is 324 g/mol. The lowest BCUT2D eigenvalue weighted by molar-refractivity contribution is -0.0497. The van der Waals surface area contributed by atoms with Gasteiger partial charge in [0.25, 0.3) is 0 Å². The number of anilines is 1. The lowest BCUT2D eigenvalue weighted by atomic mass is 10.2. The fraction of sp³-hybridized carbons (Fsp3) is 0.538. The molecule has 0 bridgehead atoms. The maximum atomic E-state index is 12.1. The second-order valence-corrected chi connectivity index (χ2v) is 7.75. The zero-order valence-electron chi connectivity index (χ0n) is 11.4. The van der Waals surface area contributed by atoms with Crippen LogP contribution in [0.3, 0.4) is 0 Å². The van der Waals surface area contributed by atoms with Crippen LogP contribution in [0.5, 0.6) is 5.75 Å². The fourth-order valence-corrected chi connectivity index (χ4v) is 4.22. The number of sulfone groups is 1. The highest BCUT2D eigenvalue weighted by Crippen LogP contribution is 2.32. The normalized spacial score (nSPS) is 22.5. The number of rotatable bonds is 5. The Hall–Kier alpha value is -1.08. The molecule has 0 aliphatic heterocycles. The van der Waals surface area contributed by atoms with Crippen LogP contribution in [0.4, 0.5) is 14.5 Å². The summed E-state index contributed by atoms with van der Waals surface area (Å²) in [5.41, 5.74) is 0.585. The van der Waals surface area contributed by atoms with E-state index in [4.69, 9.17) is 11.6 Å². The van der Waals surface area contributed by atoms with Gasteiger partial charge in [-0.2, -0.15) is 8.78 Å². The summed E-state index contributed by atoms with van der Waals surface area (Å²) in [6, 6.07) is 4.14. The average molecular weight is 340 g/mol. The Morgan fingerprint density at radius 2 is 2.10 bits per heavy atom. The van der Waals surface area contributed by atoms with E-state index >= 15 is 0 Å². The van der Waals surface area contributed by atoms with Gasteiger partial charge in [0.1, 0.15) is 5.75 Å². The Morgan fingerprint density at radius 3 is 2.67 bits per heavy atom. The Morgan fingerprint density at radius 1 is 1.38 bits per heavy atom. The molecule has 2 unspecified atom stereocenters. The molecule has 1 aliphatic carbocycles. The SMILES string of the molecule is CS(=O)(=O)C1CCCC1Nc1ccc(OC(F)F)c(Cl)c1. The summed E-state index contributed by atoms with van der Waals surface area (Å²) in [7, 11) is -3.13. The molecule has 1 aliphatic rings. The van der Waals surface area contributed by atoms with E-state index in [1.54, 1.807) is 6.07 Å². The maximum Gasteiger partial charge on any atom is 0.387 e.